The highest BCUT2D eigenvalue weighted by Gasteiger charge is 2.27. The third-order valence-corrected chi connectivity index (χ3v) is 4.04. The molecule has 2 atom stereocenters. The number of aliphatic hydroxyl groups excluding tert-OH is 1. The second-order valence-electron chi connectivity index (χ2n) is 5.10. The largest absolute Gasteiger partial charge is 0.396 e. The second kappa shape index (κ2) is 6.82. The molecule has 1 heterocycles. The molecular formula is C13H16ClN3O4. The van der Waals surface area contributed by atoms with Gasteiger partial charge in [-0.15, -0.1) is 0 Å². The average molecular weight is 314 g/mol. The number of nitro groups is 1. The van der Waals surface area contributed by atoms with Gasteiger partial charge in [0.25, 0.3) is 11.6 Å². The molecule has 2 N–H and O–H groups in total. The molecule has 2 rings (SSSR count). The average Bonchev–Trinajstić information content (AvgIpc) is 2.47. The lowest BCUT2D eigenvalue weighted by molar-refractivity contribution is -0.385. The standard InChI is InChI=1S/C13H16ClN3O4/c14-12-10(5-9(6-15-12)17(20)21)13(19)16-11-4-2-1-3-8(11)7-18/h5-6,8,11,18H,1-4,7H2,(H,16,19). The van der Waals surface area contributed by atoms with Gasteiger partial charge in [-0.25, -0.2) is 4.98 Å². The fraction of sp³-hybridized carbons (Fsp3) is 0.538. The van der Waals surface area contributed by atoms with Gasteiger partial charge in [0.15, 0.2) is 0 Å². The van der Waals surface area contributed by atoms with E-state index in [1.54, 1.807) is 0 Å². The summed E-state index contributed by atoms with van der Waals surface area (Å²) in [6, 6.07) is 0.966. The summed E-state index contributed by atoms with van der Waals surface area (Å²) in [5.74, 6) is -0.491. The summed E-state index contributed by atoms with van der Waals surface area (Å²) < 4.78 is 0. The van der Waals surface area contributed by atoms with Crippen molar-refractivity contribution in [2.24, 2.45) is 5.92 Å². The van der Waals surface area contributed by atoms with E-state index in [0.717, 1.165) is 37.9 Å². The minimum absolute atomic E-state index is 0.00582. The second-order valence-corrected chi connectivity index (χ2v) is 5.45. The Balaban J connectivity index is 2.16. The maximum atomic E-state index is 12.2. The van der Waals surface area contributed by atoms with Crippen molar-refractivity contribution < 1.29 is 14.8 Å². The van der Waals surface area contributed by atoms with Crippen LogP contribution in [0, 0.1) is 16.0 Å². The van der Waals surface area contributed by atoms with Crippen LogP contribution in [0.25, 0.3) is 0 Å². The summed E-state index contributed by atoms with van der Waals surface area (Å²) in [5, 5.41) is 22.8. The van der Waals surface area contributed by atoms with Crippen molar-refractivity contribution in [3.63, 3.8) is 0 Å². The number of aliphatic hydroxyl groups is 1. The molecule has 1 amide bonds. The first kappa shape index (κ1) is 15.7. The summed E-state index contributed by atoms with van der Waals surface area (Å²) >= 11 is 5.84. The molecular weight excluding hydrogens is 298 g/mol. The Hall–Kier alpha value is -1.73. The Morgan fingerprint density at radius 3 is 2.90 bits per heavy atom. The monoisotopic (exact) mass is 313 g/mol. The van der Waals surface area contributed by atoms with E-state index in [9.17, 15) is 20.0 Å². The van der Waals surface area contributed by atoms with Crippen LogP contribution < -0.4 is 5.32 Å². The maximum Gasteiger partial charge on any atom is 0.288 e. The summed E-state index contributed by atoms with van der Waals surface area (Å²) in [6.07, 6.45) is 4.63. The van der Waals surface area contributed by atoms with Crippen LogP contribution >= 0.6 is 11.6 Å². The fourth-order valence-corrected chi connectivity index (χ4v) is 2.75. The fourth-order valence-electron chi connectivity index (χ4n) is 2.56. The summed E-state index contributed by atoms with van der Waals surface area (Å²) in [7, 11) is 0. The maximum absolute atomic E-state index is 12.2. The van der Waals surface area contributed by atoms with E-state index in [0.29, 0.717) is 0 Å². The zero-order valence-electron chi connectivity index (χ0n) is 11.3. The molecule has 114 valence electrons. The molecule has 0 bridgehead atoms. The van der Waals surface area contributed by atoms with E-state index in [4.69, 9.17) is 11.6 Å². The number of aromatic nitrogens is 1. The number of rotatable bonds is 4. The van der Waals surface area contributed by atoms with Crippen molar-refractivity contribution >= 4 is 23.2 Å². The highest BCUT2D eigenvalue weighted by Crippen LogP contribution is 2.25. The molecule has 1 aliphatic rings. The molecule has 21 heavy (non-hydrogen) atoms. The van der Waals surface area contributed by atoms with Gasteiger partial charge in [0.1, 0.15) is 11.3 Å². The first-order valence-electron chi connectivity index (χ1n) is 6.74. The van der Waals surface area contributed by atoms with Crippen LogP contribution in [0.5, 0.6) is 0 Å². The van der Waals surface area contributed by atoms with E-state index in [-0.39, 0.29) is 35.0 Å². The molecule has 0 saturated heterocycles. The van der Waals surface area contributed by atoms with Gasteiger partial charge in [-0.05, 0) is 12.8 Å². The minimum Gasteiger partial charge on any atom is -0.396 e. The quantitative estimate of drug-likeness (QED) is 0.502. The number of pyridine rings is 1. The molecule has 1 aromatic rings. The molecule has 1 fully saturated rings. The molecule has 1 aliphatic carbocycles. The number of nitrogens with one attached hydrogen (secondary N) is 1. The highest BCUT2D eigenvalue weighted by atomic mass is 35.5. The Morgan fingerprint density at radius 2 is 2.24 bits per heavy atom. The van der Waals surface area contributed by atoms with Crippen molar-refractivity contribution in [2.75, 3.05) is 6.61 Å². The molecule has 7 nitrogen and oxygen atoms in total. The van der Waals surface area contributed by atoms with Crippen LogP contribution in [-0.4, -0.2) is 33.6 Å². The van der Waals surface area contributed by atoms with Crippen molar-refractivity contribution in [3.05, 3.63) is 33.1 Å². The van der Waals surface area contributed by atoms with Gasteiger partial charge in [0.05, 0.1) is 10.5 Å². The number of halogens is 1. The number of nitrogens with zero attached hydrogens (tertiary/aromatic N) is 2. The van der Waals surface area contributed by atoms with Gasteiger partial charge in [-0.1, -0.05) is 24.4 Å². The van der Waals surface area contributed by atoms with Crippen LogP contribution in [-0.2, 0) is 0 Å². The Morgan fingerprint density at radius 1 is 1.52 bits per heavy atom. The number of hydrogen-bond acceptors (Lipinski definition) is 5. The smallest absolute Gasteiger partial charge is 0.288 e. The highest BCUT2D eigenvalue weighted by molar-refractivity contribution is 6.32. The van der Waals surface area contributed by atoms with Gasteiger partial charge in [-0.2, -0.15) is 0 Å². The summed E-state index contributed by atoms with van der Waals surface area (Å²) in [4.78, 5) is 26.0. The van der Waals surface area contributed by atoms with Gasteiger partial charge in [0, 0.05) is 24.6 Å². The lowest BCUT2D eigenvalue weighted by atomic mass is 9.85. The van der Waals surface area contributed by atoms with Crippen molar-refractivity contribution in [1.82, 2.24) is 10.3 Å². The van der Waals surface area contributed by atoms with Crippen molar-refractivity contribution in [2.45, 2.75) is 31.7 Å². The number of carbonyl (C=O) groups is 1. The topological polar surface area (TPSA) is 105 Å². The van der Waals surface area contributed by atoms with Crippen LogP contribution in [0.1, 0.15) is 36.0 Å². The lowest BCUT2D eigenvalue weighted by Crippen LogP contribution is -2.43. The third-order valence-electron chi connectivity index (χ3n) is 3.74. The van der Waals surface area contributed by atoms with Crippen LogP contribution in [0.4, 0.5) is 5.69 Å². The first-order valence-corrected chi connectivity index (χ1v) is 7.12. The van der Waals surface area contributed by atoms with Gasteiger partial charge < -0.3 is 10.4 Å². The Labute approximate surface area is 126 Å². The van der Waals surface area contributed by atoms with Crippen LogP contribution in [0.3, 0.4) is 0 Å². The van der Waals surface area contributed by atoms with Crippen LogP contribution in [0.15, 0.2) is 12.3 Å². The minimum atomic E-state index is -0.628. The predicted octanol–water partition coefficient (Wildman–Crippen LogP) is 1.92. The number of amides is 1. The van der Waals surface area contributed by atoms with Gasteiger partial charge in [-0.3, -0.25) is 14.9 Å². The van der Waals surface area contributed by atoms with Gasteiger partial charge in [0.2, 0.25) is 0 Å². The zero-order valence-corrected chi connectivity index (χ0v) is 12.0. The van der Waals surface area contributed by atoms with E-state index in [2.05, 4.69) is 10.3 Å². The predicted molar refractivity (Wildman–Crippen MR) is 76.2 cm³/mol. The molecule has 1 aromatic heterocycles. The summed E-state index contributed by atoms with van der Waals surface area (Å²) in [6.45, 7) is 0.00582. The normalized spacial score (nSPS) is 21.8. The van der Waals surface area contributed by atoms with Crippen molar-refractivity contribution in [3.8, 4) is 0 Å². The van der Waals surface area contributed by atoms with Crippen molar-refractivity contribution in [1.29, 1.82) is 0 Å². The van der Waals surface area contributed by atoms with E-state index in [1.165, 1.54) is 0 Å². The summed E-state index contributed by atoms with van der Waals surface area (Å²) in [5.41, 5.74) is -0.306. The van der Waals surface area contributed by atoms with Gasteiger partial charge >= 0.3 is 0 Å². The van der Waals surface area contributed by atoms with Crippen LogP contribution in [0.2, 0.25) is 5.15 Å². The number of hydrogen-bond donors (Lipinski definition) is 2. The third kappa shape index (κ3) is 3.68. The molecule has 2 unspecified atom stereocenters. The van der Waals surface area contributed by atoms with E-state index >= 15 is 0 Å². The van der Waals surface area contributed by atoms with E-state index < -0.39 is 10.8 Å². The molecule has 0 spiro atoms. The first-order chi connectivity index (χ1) is 10.0. The van der Waals surface area contributed by atoms with E-state index in [1.807, 2.05) is 0 Å². The zero-order chi connectivity index (χ0) is 15.4. The molecule has 1 saturated carbocycles. The Bertz CT molecular complexity index is 552. The Kier molecular flexibility index (Phi) is 5.08. The SMILES string of the molecule is O=C(NC1CCCCC1CO)c1cc([N+](=O)[O-])cnc1Cl. The molecule has 0 aromatic carbocycles. The number of carbonyl (C=O) groups excluding carboxylic acids is 1. The molecule has 8 heteroatoms. The molecule has 0 radical (unpaired) electrons. The molecule has 0 aliphatic heterocycles. The lowest BCUT2D eigenvalue weighted by Gasteiger charge is -2.30.